The molecule has 1 atom stereocenters. The first-order valence-electron chi connectivity index (χ1n) is 8.83. The molecule has 2 fully saturated rings. The van der Waals surface area contributed by atoms with E-state index in [0.717, 1.165) is 43.6 Å². The molecule has 2 aromatic rings. The van der Waals surface area contributed by atoms with Crippen molar-refractivity contribution in [2.75, 3.05) is 18.0 Å². The maximum absolute atomic E-state index is 13.1. The van der Waals surface area contributed by atoms with Crippen molar-refractivity contribution >= 4 is 17.5 Å². The summed E-state index contributed by atoms with van der Waals surface area (Å²) in [5.74, 6) is 0.166. The average molecular weight is 338 g/mol. The van der Waals surface area contributed by atoms with Gasteiger partial charge in [-0.1, -0.05) is 6.07 Å². The van der Waals surface area contributed by atoms with Crippen molar-refractivity contribution in [3.8, 4) is 0 Å². The predicted octanol–water partition coefficient (Wildman–Crippen LogP) is 2.52. The lowest BCUT2D eigenvalue weighted by molar-refractivity contribution is -0.117. The quantitative estimate of drug-likeness (QED) is 0.864. The van der Waals surface area contributed by atoms with E-state index in [2.05, 4.69) is 5.10 Å². The van der Waals surface area contributed by atoms with Crippen LogP contribution in [-0.2, 0) is 11.8 Å². The lowest BCUT2D eigenvalue weighted by Crippen LogP contribution is -2.31. The Labute approximate surface area is 147 Å². The topological polar surface area (TPSA) is 58.4 Å². The summed E-state index contributed by atoms with van der Waals surface area (Å²) in [5.41, 5.74) is 2.55. The third kappa shape index (κ3) is 2.92. The van der Waals surface area contributed by atoms with Crippen molar-refractivity contribution in [2.24, 2.45) is 7.05 Å². The summed E-state index contributed by atoms with van der Waals surface area (Å²) in [6, 6.07) is 7.54. The Balaban J connectivity index is 1.59. The monoisotopic (exact) mass is 338 g/mol. The first-order chi connectivity index (χ1) is 12.1. The lowest BCUT2D eigenvalue weighted by Gasteiger charge is -2.25. The van der Waals surface area contributed by atoms with E-state index in [0.29, 0.717) is 12.0 Å². The second kappa shape index (κ2) is 6.35. The summed E-state index contributed by atoms with van der Waals surface area (Å²) < 4.78 is 1.77. The van der Waals surface area contributed by atoms with Crippen LogP contribution < -0.4 is 4.90 Å². The molecule has 6 heteroatoms. The third-order valence-electron chi connectivity index (χ3n) is 5.10. The molecule has 0 aliphatic carbocycles. The Morgan fingerprint density at radius 1 is 1.24 bits per heavy atom. The first kappa shape index (κ1) is 15.9. The van der Waals surface area contributed by atoms with Gasteiger partial charge in [-0.2, -0.15) is 5.10 Å². The number of aryl methyl sites for hydroxylation is 1. The zero-order valence-electron chi connectivity index (χ0n) is 14.4. The van der Waals surface area contributed by atoms with E-state index in [1.165, 1.54) is 0 Å². The summed E-state index contributed by atoms with van der Waals surface area (Å²) in [4.78, 5) is 28.8. The van der Waals surface area contributed by atoms with Gasteiger partial charge in [0.15, 0.2) is 0 Å². The highest BCUT2D eigenvalue weighted by atomic mass is 16.2. The van der Waals surface area contributed by atoms with Crippen molar-refractivity contribution in [1.29, 1.82) is 0 Å². The van der Waals surface area contributed by atoms with Crippen LogP contribution in [0.5, 0.6) is 0 Å². The van der Waals surface area contributed by atoms with Crippen LogP contribution in [-0.4, -0.2) is 39.6 Å². The van der Waals surface area contributed by atoms with Crippen LogP contribution in [0.3, 0.4) is 0 Å². The highest BCUT2D eigenvalue weighted by Crippen LogP contribution is 2.33. The number of aromatic nitrogens is 2. The molecular formula is C19H22N4O2. The van der Waals surface area contributed by atoms with Gasteiger partial charge in [0.05, 0.1) is 12.2 Å². The number of hydrogen-bond donors (Lipinski definition) is 0. The maximum atomic E-state index is 13.1. The number of benzene rings is 1. The average Bonchev–Trinajstić information content (AvgIpc) is 3.34. The molecule has 6 nitrogen and oxygen atoms in total. The number of anilines is 1. The van der Waals surface area contributed by atoms with Crippen LogP contribution in [0, 0.1) is 0 Å². The van der Waals surface area contributed by atoms with E-state index < -0.39 is 0 Å². The van der Waals surface area contributed by atoms with Crippen molar-refractivity contribution in [3.05, 3.63) is 47.8 Å². The Morgan fingerprint density at radius 2 is 2.12 bits per heavy atom. The molecule has 0 spiro atoms. The van der Waals surface area contributed by atoms with E-state index in [1.807, 2.05) is 48.6 Å². The minimum Gasteiger partial charge on any atom is -0.331 e. The molecule has 25 heavy (non-hydrogen) atoms. The maximum Gasteiger partial charge on any atom is 0.254 e. The number of nitrogens with zero attached hydrogens (tertiary/aromatic N) is 4. The number of amides is 2. The van der Waals surface area contributed by atoms with Crippen molar-refractivity contribution in [3.63, 3.8) is 0 Å². The third-order valence-corrected chi connectivity index (χ3v) is 5.10. The molecule has 130 valence electrons. The van der Waals surface area contributed by atoms with Gasteiger partial charge in [-0.25, -0.2) is 0 Å². The van der Waals surface area contributed by atoms with Gasteiger partial charge in [0, 0.05) is 49.6 Å². The zero-order valence-corrected chi connectivity index (χ0v) is 14.4. The summed E-state index contributed by atoms with van der Waals surface area (Å²) in [6.07, 6.45) is 7.25. The molecule has 2 aliphatic rings. The fourth-order valence-electron chi connectivity index (χ4n) is 3.86. The van der Waals surface area contributed by atoms with E-state index in [9.17, 15) is 9.59 Å². The zero-order chi connectivity index (χ0) is 17.4. The highest BCUT2D eigenvalue weighted by Gasteiger charge is 2.32. The first-order valence-corrected chi connectivity index (χ1v) is 8.83. The summed E-state index contributed by atoms with van der Waals surface area (Å²) >= 11 is 0. The normalized spacial score (nSPS) is 20.5. The Morgan fingerprint density at radius 3 is 2.84 bits per heavy atom. The largest absolute Gasteiger partial charge is 0.331 e. The van der Waals surface area contributed by atoms with Crippen molar-refractivity contribution in [1.82, 2.24) is 14.7 Å². The second-order valence-corrected chi connectivity index (χ2v) is 6.80. The second-order valence-electron chi connectivity index (χ2n) is 6.80. The van der Waals surface area contributed by atoms with Gasteiger partial charge in [-0.05, 0) is 37.5 Å². The van der Waals surface area contributed by atoms with E-state index in [4.69, 9.17) is 0 Å². The number of likely N-dealkylation sites (tertiary alicyclic amines) is 1. The van der Waals surface area contributed by atoms with Crippen LogP contribution in [0.1, 0.15) is 47.6 Å². The molecule has 2 aliphatic heterocycles. The minimum atomic E-state index is 0.0276. The van der Waals surface area contributed by atoms with E-state index in [1.54, 1.807) is 9.58 Å². The van der Waals surface area contributed by atoms with E-state index in [-0.39, 0.29) is 17.9 Å². The molecule has 2 saturated heterocycles. The Kier molecular flexibility index (Phi) is 4.03. The van der Waals surface area contributed by atoms with Gasteiger partial charge in [-0.15, -0.1) is 0 Å². The predicted molar refractivity (Wildman–Crippen MR) is 94.2 cm³/mol. The smallest absolute Gasteiger partial charge is 0.254 e. The van der Waals surface area contributed by atoms with Crippen molar-refractivity contribution < 1.29 is 9.59 Å². The Bertz CT molecular complexity index is 813. The standard InChI is InChI=1S/C19H22N4O2/c1-21-13-15(12-20-21)17-7-3-10-23(17)19(25)14-5-2-6-16(11-14)22-9-4-8-18(22)24/h2,5-6,11-13,17H,3-4,7-10H2,1H3/t17-/m0/s1. The highest BCUT2D eigenvalue weighted by molar-refractivity contribution is 5.99. The molecule has 0 unspecified atom stereocenters. The van der Waals surface area contributed by atoms with Gasteiger partial charge in [0.1, 0.15) is 0 Å². The van der Waals surface area contributed by atoms with Gasteiger partial charge in [0.25, 0.3) is 5.91 Å². The number of carbonyl (C=O) groups is 2. The molecule has 0 N–H and O–H groups in total. The van der Waals surface area contributed by atoms with E-state index >= 15 is 0 Å². The Hall–Kier alpha value is -2.63. The lowest BCUT2D eigenvalue weighted by atomic mass is 10.1. The molecule has 0 bridgehead atoms. The molecular weight excluding hydrogens is 316 g/mol. The summed E-state index contributed by atoms with van der Waals surface area (Å²) in [5, 5.41) is 4.24. The van der Waals surface area contributed by atoms with Gasteiger partial charge in [0.2, 0.25) is 5.91 Å². The van der Waals surface area contributed by atoms with Crippen LogP contribution in [0.2, 0.25) is 0 Å². The molecule has 1 aromatic heterocycles. The van der Waals surface area contributed by atoms with Gasteiger partial charge < -0.3 is 9.80 Å². The van der Waals surface area contributed by atoms with Crippen LogP contribution in [0.4, 0.5) is 5.69 Å². The van der Waals surface area contributed by atoms with Crippen LogP contribution in [0.15, 0.2) is 36.7 Å². The van der Waals surface area contributed by atoms with Gasteiger partial charge in [-0.3, -0.25) is 14.3 Å². The fourth-order valence-corrected chi connectivity index (χ4v) is 3.86. The summed E-state index contributed by atoms with van der Waals surface area (Å²) in [6.45, 7) is 1.49. The number of hydrogen-bond acceptors (Lipinski definition) is 3. The molecule has 2 amide bonds. The van der Waals surface area contributed by atoms with Crippen LogP contribution in [0.25, 0.3) is 0 Å². The molecule has 4 rings (SSSR count). The van der Waals surface area contributed by atoms with Gasteiger partial charge >= 0.3 is 0 Å². The molecule has 3 heterocycles. The molecule has 1 aromatic carbocycles. The number of rotatable bonds is 3. The SMILES string of the molecule is Cn1cc([C@@H]2CCCN2C(=O)c2cccc(N3CCCC3=O)c2)cn1. The van der Waals surface area contributed by atoms with Crippen molar-refractivity contribution in [2.45, 2.75) is 31.7 Å². The summed E-state index contributed by atoms with van der Waals surface area (Å²) in [7, 11) is 1.89. The fraction of sp³-hybridized carbons (Fsp3) is 0.421. The van der Waals surface area contributed by atoms with Crippen LogP contribution >= 0.6 is 0 Å². The number of carbonyl (C=O) groups excluding carboxylic acids is 2. The minimum absolute atomic E-state index is 0.0276. The molecule has 0 radical (unpaired) electrons. The molecule has 0 saturated carbocycles.